The molecule has 0 radical (unpaired) electrons. The summed E-state index contributed by atoms with van der Waals surface area (Å²) in [6.07, 6.45) is 0. The third-order valence-corrected chi connectivity index (χ3v) is 0.236. The van der Waals surface area contributed by atoms with Crippen molar-refractivity contribution in [3.8, 4) is 0 Å². The second kappa shape index (κ2) is 98.6. The van der Waals surface area contributed by atoms with Gasteiger partial charge in [-0.2, -0.15) is 0 Å². The van der Waals surface area contributed by atoms with E-state index in [9.17, 15) is 0 Å². The first-order valence-electron chi connectivity index (χ1n) is 6.69. The molecule has 0 unspecified atom stereocenters. The van der Waals surface area contributed by atoms with Gasteiger partial charge in [0.25, 0.3) is 0 Å². The lowest BCUT2D eigenvalue weighted by Crippen LogP contribution is -1.83. The molecule has 0 spiro atoms. The van der Waals surface area contributed by atoms with E-state index in [1.807, 2.05) is 6.92 Å². The van der Waals surface area contributed by atoms with Crippen LogP contribution in [0.15, 0.2) is 0 Å². The SMILES string of the molecule is CCO.CCO.CCO.CCO.CCO.CCOOC. The third-order valence-electron chi connectivity index (χ3n) is 0.236. The van der Waals surface area contributed by atoms with Gasteiger partial charge in [0, 0.05) is 33.0 Å². The van der Waals surface area contributed by atoms with Crippen LogP contribution < -0.4 is 0 Å². The molecule has 5 N–H and O–H groups in total. The zero-order valence-electron chi connectivity index (χ0n) is 14.3. The normalized spacial score (nSPS) is 6.60. The van der Waals surface area contributed by atoms with Gasteiger partial charge in [0.1, 0.15) is 0 Å². The monoisotopic (exact) mass is 306 g/mol. The van der Waals surface area contributed by atoms with Crippen LogP contribution in [0.3, 0.4) is 0 Å². The molecule has 0 amide bonds. The molecule has 0 saturated carbocycles. The average Bonchev–Trinajstić information content (AvgIpc) is 2.35. The predicted molar refractivity (Wildman–Crippen MR) is 82.4 cm³/mol. The summed E-state index contributed by atoms with van der Waals surface area (Å²) in [6.45, 7) is 12.1. The minimum atomic E-state index is 0.250. The van der Waals surface area contributed by atoms with Gasteiger partial charge >= 0.3 is 0 Å². The van der Waals surface area contributed by atoms with Gasteiger partial charge in [0.15, 0.2) is 0 Å². The van der Waals surface area contributed by atoms with E-state index in [0.29, 0.717) is 6.61 Å². The maximum atomic E-state index is 7.57. The molecule has 20 heavy (non-hydrogen) atoms. The molecule has 7 nitrogen and oxygen atoms in total. The summed E-state index contributed by atoms with van der Waals surface area (Å²) in [5.41, 5.74) is 0. The van der Waals surface area contributed by atoms with E-state index in [2.05, 4.69) is 9.78 Å². The summed E-state index contributed by atoms with van der Waals surface area (Å²) in [4.78, 5) is 8.52. The lowest BCUT2D eigenvalue weighted by atomic mass is 10.9. The zero-order chi connectivity index (χ0) is 17.7. The van der Waals surface area contributed by atoms with Gasteiger partial charge in [-0.1, -0.05) is 0 Å². The minimum Gasteiger partial charge on any atom is -0.397 e. The topological polar surface area (TPSA) is 120 Å². The van der Waals surface area contributed by atoms with Crippen LogP contribution >= 0.6 is 0 Å². The molecule has 0 aromatic rings. The highest BCUT2D eigenvalue weighted by atomic mass is 17.2. The fourth-order valence-corrected chi connectivity index (χ4v) is 0.118. The van der Waals surface area contributed by atoms with Crippen molar-refractivity contribution in [1.82, 2.24) is 0 Å². The van der Waals surface area contributed by atoms with Crippen LogP contribution in [-0.4, -0.2) is 72.3 Å². The molecule has 0 aromatic heterocycles. The molecule has 132 valence electrons. The van der Waals surface area contributed by atoms with E-state index >= 15 is 0 Å². The fraction of sp³-hybridized carbons (Fsp3) is 1.00. The number of aliphatic hydroxyl groups excluding tert-OH is 5. The van der Waals surface area contributed by atoms with Crippen LogP contribution in [0.1, 0.15) is 41.5 Å². The van der Waals surface area contributed by atoms with Gasteiger partial charge < -0.3 is 25.5 Å². The summed E-state index contributed by atoms with van der Waals surface area (Å²) < 4.78 is 0. The van der Waals surface area contributed by atoms with Gasteiger partial charge in [-0.25, -0.2) is 9.78 Å². The zero-order valence-corrected chi connectivity index (χ0v) is 14.3. The predicted octanol–water partition coefficient (Wildman–Crippen LogP) is 0.577. The summed E-state index contributed by atoms with van der Waals surface area (Å²) in [7, 11) is 1.49. The molecule has 0 rings (SSSR count). The lowest BCUT2D eigenvalue weighted by molar-refractivity contribution is -0.268. The van der Waals surface area contributed by atoms with Crippen LogP contribution in [0.2, 0.25) is 0 Å². The average molecular weight is 306 g/mol. The minimum absolute atomic E-state index is 0.250. The van der Waals surface area contributed by atoms with Crippen LogP contribution in [0, 0.1) is 0 Å². The molecular weight excluding hydrogens is 268 g/mol. The highest BCUT2D eigenvalue weighted by Crippen LogP contribution is 1.64. The molecular formula is C13H38O7. The molecule has 0 aliphatic heterocycles. The summed E-state index contributed by atoms with van der Waals surface area (Å²) >= 11 is 0. The summed E-state index contributed by atoms with van der Waals surface area (Å²) in [5.74, 6) is 0. The largest absolute Gasteiger partial charge is 0.397 e. The van der Waals surface area contributed by atoms with Gasteiger partial charge in [0.2, 0.25) is 0 Å². The number of rotatable bonds is 2. The molecule has 0 aliphatic rings. The maximum Gasteiger partial charge on any atom is 0.0794 e. The van der Waals surface area contributed by atoms with Crippen molar-refractivity contribution in [2.75, 3.05) is 46.8 Å². The Bertz CT molecular complexity index is 53.1. The highest BCUT2D eigenvalue weighted by molar-refractivity contribution is 3.90. The first kappa shape index (κ1) is 36.7. The van der Waals surface area contributed by atoms with Crippen LogP contribution in [0.25, 0.3) is 0 Å². The van der Waals surface area contributed by atoms with E-state index in [0.717, 1.165) is 0 Å². The quantitative estimate of drug-likeness (QED) is 0.374. The Kier molecular flexibility index (Phi) is 181. The standard InChI is InChI=1S/C3H8O2.5C2H6O/c1-3-5-4-2;5*1-2-3/h3H2,1-2H3;5*3H,2H2,1H3. The van der Waals surface area contributed by atoms with E-state index in [-0.39, 0.29) is 33.0 Å². The Morgan fingerprint density at radius 3 is 0.700 bits per heavy atom. The molecule has 0 saturated heterocycles. The molecule has 7 heteroatoms. The second-order valence-corrected chi connectivity index (χ2v) is 2.15. The van der Waals surface area contributed by atoms with Crippen LogP contribution in [0.5, 0.6) is 0 Å². The summed E-state index contributed by atoms with van der Waals surface area (Å²) in [6, 6.07) is 0. The molecule has 0 atom stereocenters. The van der Waals surface area contributed by atoms with Crippen molar-refractivity contribution < 1.29 is 35.3 Å². The lowest BCUT2D eigenvalue weighted by Gasteiger charge is -1.86. The van der Waals surface area contributed by atoms with Gasteiger partial charge in [-0.05, 0) is 41.5 Å². The number of aliphatic hydroxyl groups is 5. The Morgan fingerprint density at radius 1 is 0.550 bits per heavy atom. The van der Waals surface area contributed by atoms with Crippen molar-refractivity contribution in [1.29, 1.82) is 0 Å². The van der Waals surface area contributed by atoms with Gasteiger partial charge in [0.05, 0.1) is 13.7 Å². The second-order valence-electron chi connectivity index (χ2n) is 2.15. The smallest absolute Gasteiger partial charge is 0.0794 e. The Hall–Kier alpha value is -0.280. The van der Waals surface area contributed by atoms with Crippen molar-refractivity contribution in [3.05, 3.63) is 0 Å². The number of hydrogen-bond acceptors (Lipinski definition) is 7. The van der Waals surface area contributed by atoms with Crippen LogP contribution in [-0.2, 0) is 9.78 Å². The maximum absolute atomic E-state index is 7.57. The van der Waals surface area contributed by atoms with Crippen molar-refractivity contribution in [2.24, 2.45) is 0 Å². The Balaban J connectivity index is -0.0000000299. The molecule has 0 fully saturated rings. The third kappa shape index (κ3) is 1670. The summed E-state index contributed by atoms with van der Waals surface area (Å²) in [5, 5.41) is 37.8. The number of hydrogen-bond donors (Lipinski definition) is 5. The van der Waals surface area contributed by atoms with Crippen molar-refractivity contribution in [2.45, 2.75) is 41.5 Å². The van der Waals surface area contributed by atoms with Crippen molar-refractivity contribution >= 4 is 0 Å². The first-order valence-corrected chi connectivity index (χ1v) is 6.69. The van der Waals surface area contributed by atoms with E-state index in [1.54, 1.807) is 34.6 Å². The van der Waals surface area contributed by atoms with E-state index in [4.69, 9.17) is 25.5 Å². The first-order chi connectivity index (χ1) is 9.49. The van der Waals surface area contributed by atoms with Crippen molar-refractivity contribution in [3.63, 3.8) is 0 Å². The highest BCUT2D eigenvalue weighted by Gasteiger charge is 1.63. The van der Waals surface area contributed by atoms with E-state index in [1.165, 1.54) is 7.11 Å². The van der Waals surface area contributed by atoms with Gasteiger partial charge in [-0.15, -0.1) is 0 Å². The molecule has 0 aromatic carbocycles. The fourth-order valence-electron chi connectivity index (χ4n) is 0.118. The Morgan fingerprint density at radius 2 is 0.700 bits per heavy atom. The molecule has 0 aliphatic carbocycles. The van der Waals surface area contributed by atoms with Crippen LogP contribution in [0.4, 0.5) is 0 Å². The van der Waals surface area contributed by atoms with Gasteiger partial charge in [-0.3, -0.25) is 0 Å². The Labute approximate surface area is 124 Å². The van der Waals surface area contributed by atoms with E-state index < -0.39 is 0 Å². The molecule has 0 heterocycles. The molecule has 0 bridgehead atoms.